The molecule has 1 amide bonds. The van der Waals surface area contributed by atoms with Gasteiger partial charge in [-0.1, -0.05) is 37.7 Å². The molecule has 0 radical (unpaired) electrons. The van der Waals surface area contributed by atoms with E-state index in [2.05, 4.69) is 56.7 Å². The first-order valence-corrected chi connectivity index (χ1v) is 11.8. The van der Waals surface area contributed by atoms with Crippen molar-refractivity contribution in [1.29, 1.82) is 0 Å². The van der Waals surface area contributed by atoms with Crippen molar-refractivity contribution in [1.82, 2.24) is 19.8 Å². The number of nitrogens with one attached hydrogen (secondary N) is 1. The first-order chi connectivity index (χ1) is 14.2. The standard InChI is InChI=1S/C23H36N4O2S/c1-16(2)11-13-27-22(29)19-9-7-8-10-20(19)25-23(27)30-15-21(28)24-12-14-26(17(3)4)18(5)6/h7-10,16-18H,11-15H2,1-6H3,(H,24,28). The number of carbonyl (C=O) groups excluding carboxylic acids is 1. The lowest BCUT2D eigenvalue weighted by Gasteiger charge is -2.30. The highest BCUT2D eigenvalue weighted by molar-refractivity contribution is 7.99. The van der Waals surface area contributed by atoms with Gasteiger partial charge < -0.3 is 5.32 Å². The van der Waals surface area contributed by atoms with Crippen LogP contribution >= 0.6 is 11.8 Å². The fraction of sp³-hybridized carbons (Fsp3) is 0.609. The molecule has 2 aromatic rings. The lowest BCUT2D eigenvalue weighted by Crippen LogP contribution is -2.42. The van der Waals surface area contributed by atoms with Crippen molar-refractivity contribution in [3.8, 4) is 0 Å². The Morgan fingerprint density at radius 1 is 1.13 bits per heavy atom. The summed E-state index contributed by atoms with van der Waals surface area (Å²) in [5, 5.41) is 4.23. The summed E-state index contributed by atoms with van der Waals surface area (Å²) in [6.45, 7) is 15.0. The third-order valence-electron chi connectivity index (χ3n) is 5.11. The second-order valence-corrected chi connectivity index (χ2v) is 9.56. The number of nitrogens with zero attached hydrogens (tertiary/aromatic N) is 3. The molecule has 0 unspecified atom stereocenters. The van der Waals surface area contributed by atoms with Gasteiger partial charge in [0.25, 0.3) is 5.56 Å². The topological polar surface area (TPSA) is 67.2 Å². The maximum Gasteiger partial charge on any atom is 0.262 e. The van der Waals surface area contributed by atoms with Crippen molar-refractivity contribution in [3.05, 3.63) is 34.6 Å². The number of hydrogen-bond donors (Lipinski definition) is 1. The number of para-hydroxylation sites is 1. The summed E-state index contributed by atoms with van der Waals surface area (Å²) in [6.07, 6.45) is 0.889. The number of rotatable bonds is 11. The Balaban J connectivity index is 2.06. The Hall–Kier alpha value is -1.86. The predicted molar refractivity (Wildman–Crippen MR) is 126 cm³/mol. The average molecular weight is 433 g/mol. The van der Waals surface area contributed by atoms with Crippen LogP contribution in [0, 0.1) is 5.92 Å². The van der Waals surface area contributed by atoms with E-state index in [0.717, 1.165) is 13.0 Å². The van der Waals surface area contributed by atoms with Crippen LogP contribution in [-0.2, 0) is 11.3 Å². The van der Waals surface area contributed by atoms with Gasteiger partial charge >= 0.3 is 0 Å². The molecule has 0 fully saturated rings. The van der Waals surface area contributed by atoms with E-state index in [1.165, 1.54) is 11.8 Å². The highest BCUT2D eigenvalue weighted by Crippen LogP contribution is 2.18. The molecule has 0 saturated carbocycles. The van der Waals surface area contributed by atoms with Crippen LogP contribution in [0.25, 0.3) is 10.9 Å². The maximum absolute atomic E-state index is 13.0. The highest BCUT2D eigenvalue weighted by atomic mass is 32.2. The molecule has 1 N–H and O–H groups in total. The number of carbonyl (C=O) groups is 1. The summed E-state index contributed by atoms with van der Waals surface area (Å²) in [7, 11) is 0. The zero-order valence-electron chi connectivity index (χ0n) is 19.1. The summed E-state index contributed by atoms with van der Waals surface area (Å²) in [4.78, 5) is 32.4. The van der Waals surface area contributed by atoms with Crippen molar-refractivity contribution in [3.63, 3.8) is 0 Å². The Morgan fingerprint density at radius 3 is 2.43 bits per heavy atom. The van der Waals surface area contributed by atoms with Gasteiger partial charge in [-0.2, -0.15) is 0 Å². The van der Waals surface area contributed by atoms with Crippen LogP contribution in [0.15, 0.2) is 34.2 Å². The minimum Gasteiger partial charge on any atom is -0.354 e. The summed E-state index contributed by atoms with van der Waals surface area (Å²) < 4.78 is 1.72. The van der Waals surface area contributed by atoms with E-state index in [-0.39, 0.29) is 17.2 Å². The molecule has 0 atom stereocenters. The van der Waals surface area contributed by atoms with Crippen molar-refractivity contribution >= 4 is 28.6 Å². The number of benzene rings is 1. The number of amides is 1. The molecular formula is C23H36N4O2S. The maximum atomic E-state index is 13.0. The molecule has 0 aliphatic heterocycles. The second kappa shape index (κ2) is 11.5. The molecule has 30 heavy (non-hydrogen) atoms. The van der Waals surface area contributed by atoms with Crippen LogP contribution in [0.5, 0.6) is 0 Å². The van der Waals surface area contributed by atoms with Gasteiger partial charge in [0.15, 0.2) is 5.16 Å². The molecule has 1 heterocycles. The first-order valence-electron chi connectivity index (χ1n) is 10.9. The number of fused-ring (bicyclic) bond motifs is 1. The van der Waals surface area contributed by atoms with E-state index in [4.69, 9.17) is 0 Å². The summed E-state index contributed by atoms with van der Waals surface area (Å²) in [5.74, 6) is 0.690. The van der Waals surface area contributed by atoms with Crippen molar-refractivity contribution < 1.29 is 4.79 Å². The van der Waals surface area contributed by atoms with Gasteiger partial charge in [0.1, 0.15) is 0 Å². The predicted octanol–water partition coefficient (Wildman–Crippen LogP) is 3.77. The van der Waals surface area contributed by atoms with E-state index in [1.807, 2.05) is 24.3 Å². The van der Waals surface area contributed by atoms with E-state index in [1.54, 1.807) is 4.57 Å². The molecule has 0 aliphatic rings. The van der Waals surface area contributed by atoms with E-state index < -0.39 is 0 Å². The van der Waals surface area contributed by atoms with Crippen molar-refractivity contribution in [2.24, 2.45) is 5.92 Å². The summed E-state index contributed by atoms with van der Waals surface area (Å²) >= 11 is 1.33. The highest BCUT2D eigenvalue weighted by Gasteiger charge is 2.15. The molecule has 6 nitrogen and oxygen atoms in total. The fourth-order valence-corrected chi connectivity index (χ4v) is 4.32. The van der Waals surface area contributed by atoms with Gasteiger partial charge in [-0.25, -0.2) is 4.98 Å². The molecule has 0 aliphatic carbocycles. The smallest absolute Gasteiger partial charge is 0.262 e. The third-order valence-corrected chi connectivity index (χ3v) is 6.08. The van der Waals surface area contributed by atoms with Crippen LogP contribution in [0.3, 0.4) is 0 Å². The SMILES string of the molecule is CC(C)CCn1c(SCC(=O)NCCN(C(C)C)C(C)C)nc2ccccc2c1=O. The quantitative estimate of drug-likeness (QED) is 0.432. The number of thioether (sulfide) groups is 1. The average Bonchev–Trinajstić information content (AvgIpc) is 2.68. The van der Waals surface area contributed by atoms with Crippen LogP contribution < -0.4 is 10.9 Å². The largest absolute Gasteiger partial charge is 0.354 e. The van der Waals surface area contributed by atoms with Gasteiger partial charge in [-0.3, -0.25) is 19.1 Å². The van der Waals surface area contributed by atoms with E-state index >= 15 is 0 Å². The zero-order valence-corrected chi connectivity index (χ0v) is 20.0. The molecule has 166 valence electrons. The Morgan fingerprint density at radius 2 is 1.80 bits per heavy atom. The fourth-order valence-electron chi connectivity index (χ4n) is 3.46. The Labute approximate surface area is 184 Å². The zero-order chi connectivity index (χ0) is 22.3. The monoisotopic (exact) mass is 432 g/mol. The Bertz CT molecular complexity index is 884. The van der Waals surface area contributed by atoms with Crippen molar-refractivity contribution in [2.75, 3.05) is 18.8 Å². The van der Waals surface area contributed by atoms with Crippen LogP contribution in [-0.4, -0.2) is 51.3 Å². The number of aromatic nitrogens is 2. The third kappa shape index (κ3) is 6.84. The molecule has 0 saturated heterocycles. The lowest BCUT2D eigenvalue weighted by atomic mass is 10.1. The molecule has 1 aromatic heterocycles. The van der Waals surface area contributed by atoms with Gasteiger partial charge in [0.05, 0.1) is 16.7 Å². The molecule has 0 bridgehead atoms. The second-order valence-electron chi connectivity index (χ2n) is 8.61. The van der Waals surface area contributed by atoms with Crippen LogP contribution in [0.1, 0.15) is 48.0 Å². The van der Waals surface area contributed by atoms with Gasteiger partial charge in [-0.15, -0.1) is 0 Å². The van der Waals surface area contributed by atoms with Crippen molar-refractivity contribution in [2.45, 2.75) is 71.7 Å². The van der Waals surface area contributed by atoms with Gasteiger partial charge in [0, 0.05) is 31.7 Å². The molecule has 2 rings (SSSR count). The van der Waals surface area contributed by atoms with E-state index in [9.17, 15) is 9.59 Å². The normalized spacial score (nSPS) is 11.9. The molecule has 7 heteroatoms. The molecule has 1 aromatic carbocycles. The number of hydrogen-bond acceptors (Lipinski definition) is 5. The minimum atomic E-state index is -0.0368. The molecular weight excluding hydrogens is 396 g/mol. The summed E-state index contributed by atoms with van der Waals surface area (Å²) in [5.41, 5.74) is 0.643. The molecule has 0 spiro atoms. The minimum absolute atomic E-state index is 0.0336. The first kappa shape index (κ1) is 24.4. The van der Waals surface area contributed by atoms with Crippen LogP contribution in [0.2, 0.25) is 0 Å². The summed E-state index contributed by atoms with van der Waals surface area (Å²) in [6, 6.07) is 8.27. The lowest BCUT2D eigenvalue weighted by molar-refractivity contribution is -0.118. The van der Waals surface area contributed by atoms with Crippen LogP contribution in [0.4, 0.5) is 0 Å². The van der Waals surface area contributed by atoms with E-state index in [0.29, 0.717) is 47.2 Å². The Kier molecular flexibility index (Phi) is 9.37. The van der Waals surface area contributed by atoms with Gasteiger partial charge in [0.2, 0.25) is 5.91 Å². The van der Waals surface area contributed by atoms with Gasteiger partial charge in [-0.05, 0) is 52.2 Å².